The van der Waals surface area contributed by atoms with Crippen molar-refractivity contribution < 1.29 is 18.6 Å². The van der Waals surface area contributed by atoms with Gasteiger partial charge in [0, 0.05) is 11.6 Å². The highest BCUT2D eigenvalue weighted by Crippen LogP contribution is 2.49. The molecule has 0 aromatic heterocycles. The Labute approximate surface area is 105 Å². The molecule has 1 heterocycles. The van der Waals surface area contributed by atoms with E-state index in [1.165, 1.54) is 13.2 Å². The Bertz CT molecular complexity index is 483. The van der Waals surface area contributed by atoms with Crippen LogP contribution in [0, 0.1) is 5.82 Å². The van der Waals surface area contributed by atoms with E-state index in [1.54, 1.807) is 0 Å². The van der Waals surface area contributed by atoms with Crippen LogP contribution in [0.2, 0.25) is 0 Å². The molecule has 0 atom stereocenters. The summed E-state index contributed by atoms with van der Waals surface area (Å²) in [5, 5.41) is 0. The molecule has 1 aliphatic heterocycles. The Balaban J connectivity index is 2.20. The lowest BCUT2D eigenvalue weighted by Crippen LogP contribution is -2.34. The zero-order chi connectivity index (χ0) is 12.8. The summed E-state index contributed by atoms with van der Waals surface area (Å²) < 4.78 is 30.2. The molecule has 1 fully saturated rings. The summed E-state index contributed by atoms with van der Waals surface area (Å²) in [5.74, 6) is 0.690. The SMILES string of the molecule is COc1cc2c(c(C3(N)CCCC3)c1F)OCO2. The summed E-state index contributed by atoms with van der Waals surface area (Å²) in [5.41, 5.74) is 6.09. The predicted octanol–water partition coefficient (Wildman–Crippen LogP) is 2.29. The summed E-state index contributed by atoms with van der Waals surface area (Å²) in [7, 11) is 1.43. The minimum absolute atomic E-state index is 0.102. The van der Waals surface area contributed by atoms with Gasteiger partial charge in [0.1, 0.15) is 0 Å². The molecule has 18 heavy (non-hydrogen) atoms. The second kappa shape index (κ2) is 4.02. The number of nitrogens with two attached hydrogens (primary N) is 1. The quantitative estimate of drug-likeness (QED) is 0.878. The third-order valence-electron chi connectivity index (χ3n) is 3.78. The van der Waals surface area contributed by atoms with Crippen LogP contribution in [-0.2, 0) is 5.54 Å². The van der Waals surface area contributed by atoms with Gasteiger partial charge in [-0.15, -0.1) is 0 Å². The van der Waals surface area contributed by atoms with Crippen LogP contribution in [0.3, 0.4) is 0 Å². The fourth-order valence-electron chi connectivity index (χ4n) is 2.85. The van der Waals surface area contributed by atoms with Crippen LogP contribution in [0.25, 0.3) is 0 Å². The molecule has 1 aromatic rings. The lowest BCUT2D eigenvalue weighted by atomic mass is 9.87. The lowest BCUT2D eigenvalue weighted by molar-refractivity contribution is 0.171. The molecule has 4 nitrogen and oxygen atoms in total. The molecule has 0 radical (unpaired) electrons. The van der Waals surface area contributed by atoms with Gasteiger partial charge in [-0.1, -0.05) is 12.8 Å². The number of methoxy groups -OCH3 is 1. The molecule has 1 aliphatic carbocycles. The van der Waals surface area contributed by atoms with Gasteiger partial charge in [0.05, 0.1) is 12.7 Å². The molecule has 0 bridgehead atoms. The van der Waals surface area contributed by atoms with Crippen LogP contribution in [0.5, 0.6) is 17.2 Å². The van der Waals surface area contributed by atoms with Crippen LogP contribution in [0.4, 0.5) is 4.39 Å². The normalized spacial score (nSPS) is 20.2. The number of halogens is 1. The Kier molecular flexibility index (Phi) is 2.59. The van der Waals surface area contributed by atoms with Gasteiger partial charge < -0.3 is 19.9 Å². The largest absolute Gasteiger partial charge is 0.494 e. The average molecular weight is 253 g/mol. The van der Waals surface area contributed by atoms with Crippen molar-refractivity contribution in [1.29, 1.82) is 0 Å². The van der Waals surface area contributed by atoms with E-state index in [0.717, 1.165) is 25.7 Å². The maximum atomic E-state index is 14.5. The molecule has 1 aromatic carbocycles. The molecule has 2 N–H and O–H groups in total. The third-order valence-corrected chi connectivity index (χ3v) is 3.78. The van der Waals surface area contributed by atoms with Gasteiger partial charge in [0.2, 0.25) is 6.79 Å². The maximum absolute atomic E-state index is 14.5. The number of benzene rings is 1. The van der Waals surface area contributed by atoms with Crippen molar-refractivity contribution in [3.05, 3.63) is 17.4 Å². The Morgan fingerprint density at radius 2 is 2.06 bits per heavy atom. The van der Waals surface area contributed by atoms with E-state index in [4.69, 9.17) is 19.9 Å². The molecule has 5 heteroatoms. The van der Waals surface area contributed by atoms with Gasteiger partial charge in [-0.2, -0.15) is 0 Å². The number of hydrogen-bond acceptors (Lipinski definition) is 4. The highest BCUT2D eigenvalue weighted by Gasteiger charge is 2.40. The van der Waals surface area contributed by atoms with E-state index in [1.807, 2.05) is 0 Å². The first-order valence-corrected chi connectivity index (χ1v) is 6.11. The molecule has 0 spiro atoms. The topological polar surface area (TPSA) is 53.7 Å². The fraction of sp³-hybridized carbons (Fsp3) is 0.538. The minimum Gasteiger partial charge on any atom is -0.494 e. The second-order valence-corrected chi connectivity index (χ2v) is 4.86. The van der Waals surface area contributed by atoms with Crippen molar-refractivity contribution >= 4 is 0 Å². The van der Waals surface area contributed by atoms with Crippen LogP contribution in [0.1, 0.15) is 31.2 Å². The summed E-state index contributed by atoms with van der Waals surface area (Å²) in [6, 6.07) is 1.51. The predicted molar refractivity (Wildman–Crippen MR) is 63.4 cm³/mol. The lowest BCUT2D eigenvalue weighted by Gasteiger charge is -2.26. The first-order chi connectivity index (χ1) is 8.65. The van der Waals surface area contributed by atoms with Gasteiger partial charge >= 0.3 is 0 Å². The Hall–Kier alpha value is -1.49. The highest BCUT2D eigenvalue weighted by atomic mass is 19.1. The zero-order valence-corrected chi connectivity index (χ0v) is 10.3. The van der Waals surface area contributed by atoms with E-state index < -0.39 is 11.4 Å². The smallest absolute Gasteiger partial charge is 0.231 e. The van der Waals surface area contributed by atoms with Gasteiger partial charge in [0.15, 0.2) is 23.1 Å². The standard InChI is InChI=1S/C13H16FNO3/c1-16-8-6-9-12(18-7-17-9)10(11(8)14)13(15)4-2-3-5-13/h6H,2-5,7,15H2,1H3. The van der Waals surface area contributed by atoms with E-state index in [-0.39, 0.29) is 12.5 Å². The average Bonchev–Trinajstić information content (AvgIpc) is 2.97. The summed E-state index contributed by atoms with van der Waals surface area (Å²) in [6.45, 7) is 0.102. The zero-order valence-electron chi connectivity index (χ0n) is 10.3. The van der Waals surface area contributed by atoms with E-state index in [2.05, 4.69) is 0 Å². The Morgan fingerprint density at radius 1 is 1.33 bits per heavy atom. The van der Waals surface area contributed by atoms with Crippen molar-refractivity contribution in [2.45, 2.75) is 31.2 Å². The highest BCUT2D eigenvalue weighted by molar-refractivity contribution is 5.57. The van der Waals surface area contributed by atoms with E-state index in [9.17, 15) is 4.39 Å². The van der Waals surface area contributed by atoms with Crippen molar-refractivity contribution in [3.8, 4) is 17.2 Å². The first kappa shape index (κ1) is 11.6. The van der Waals surface area contributed by atoms with E-state index >= 15 is 0 Å². The van der Waals surface area contributed by atoms with Crippen molar-refractivity contribution in [2.24, 2.45) is 5.73 Å². The fourth-order valence-corrected chi connectivity index (χ4v) is 2.85. The molecular formula is C13H16FNO3. The number of rotatable bonds is 2. The summed E-state index contributed by atoms with van der Waals surface area (Å²) in [6.07, 6.45) is 3.52. The van der Waals surface area contributed by atoms with Crippen LogP contribution < -0.4 is 19.9 Å². The van der Waals surface area contributed by atoms with Gasteiger partial charge in [0.25, 0.3) is 0 Å². The van der Waals surface area contributed by atoms with Crippen LogP contribution in [0.15, 0.2) is 6.07 Å². The molecule has 2 aliphatic rings. The van der Waals surface area contributed by atoms with Gasteiger partial charge in [-0.3, -0.25) is 0 Å². The molecule has 3 rings (SSSR count). The van der Waals surface area contributed by atoms with Crippen LogP contribution in [-0.4, -0.2) is 13.9 Å². The number of fused-ring (bicyclic) bond motifs is 1. The molecular weight excluding hydrogens is 237 g/mol. The molecule has 0 unspecified atom stereocenters. The van der Waals surface area contributed by atoms with Crippen molar-refractivity contribution in [3.63, 3.8) is 0 Å². The molecule has 1 saturated carbocycles. The maximum Gasteiger partial charge on any atom is 0.231 e. The third kappa shape index (κ3) is 1.54. The monoisotopic (exact) mass is 253 g/mol. The summed E-state index contributed by atoms with van der Waals surface area (Å²) in [4.78, 5) is 0. The van der Waals surface area contributed by atoms with Crippen molar-refractivity contribution in [2.75, 3.05) is 13.9 Å². The molecule has 98 valence electrons. The number of hydrogen-bond donors (Lipinski definition) is 1. The van der Waals surface area contributed by atoms with Gasteiger partial charge in [-0.05, 0) is 12.8 Å². The molecule has 0 amide bonds. The van der Waals surface area contributed by atoms with Crippen LogP contribution >= 0.6 is 0 Å². The first-order valence-electron chi connectivity index (χ1n) is 6.11. The molecule has 0 saturated heterocycles. The minimum atomic E-state index is -0.670. The number of ether oxygens (including phenoxy) is 3. The summed E-state index contributed by atoms with van der Waals surface area (Å²) >= 11 is 0. The van der Waals surface area contributed by atoms with Gasteiger partial charge in [-0.25, -0.2) is 4.39 Å². The van der Waals surface area contributed by atoms with Crippen molar-refractivity contribution in [1.82, 2.24) is 0 Å². The second-order valence-electron chi connectivity index (χ2n) is 4.86. The Morgan fingerprint density at radius 3 is 2.72 bits per heavy atom. The van der Waals surface area contributed by atoms with E-state index in [0.29, 0.717) is 17.1 Å².